The van der Waals surface area contributed by atoms with Crippen LogP contribution in [0.25, 0.3) is 0 Å². The van der Waals surface area contributed by atoms with E-state index >= 15 is 0 Å². The lowest BCUT2D eigenvalue weighted by Gasteiger charge is -2.32. The summed E-state index contributed by atoms with van der Waals surface area (Å²) >= 11 is 1.61. The Kier molecular flexibility index (Phi) is 7.93. The minimum Gasteiger partial charge on any atom is -0.481 e. The van der Waals surface area contributed by atoms with E-state index in [1.165, 1.54) is 13.2 Å². The fraction of sp³-hybridized carbons (Fsp3) is 0.346. The van der Waals surface area contributed by atoms with Crippen molar-refractivity contribution in [1.29, 1.82) is 0 Å². The van der Waals surface area contributed by atoms with Crippen molar-refractivity contribution < 1.29 is 27.5 Å². The Bertz CT molecular complexity index is 1190. The first-order valence-corrected chi connectivity index (χ1v) is 12.5. The lowest BCUT2D eigenvalue weighted by atomic mass is 9.89. The zero-order chi connectivity index (χ0) is 25.7. The number of hydrogen-bond donors (Lipinski definition) is 1. The van der Waals surface area contributed by atoms with Gasteiger partial charge in [0.1, 0.15) is 5.69 Å². The number of rotatable bonds is 7. The highest BCUT2D eigenvalue weighted by Gasteiger charge is 2.35. The highest BCUT2D eigenvalue weighted by atomic mass is 32.1. The SMILES string of the molecule is COc1cc(C(=O)N2CCC(c3ccc(NC(=O)CCc4ccsc4)cc3)CC2)cc(C(F)(F)F)n1. The van der Waals surface area contributed by atoms with Crippen LogP contribution >= 0.6 is 11.3 Å². The Labute approximate surface area is 211 Å². The molecule has 0 radical (unpaired) electrons. The minimum atomic E-state index is -4.67. The maximum atomic E-state index is 13.2. The highest BCUT2D eigenvalue weighted by Crippen LogP contribution is 2.32. The number of methoxy groups -OCH3 is 1. The van der Waals surface area contributed by atoms with Crippen molar-refractivity contribution in [3.63, 3.8) is 0 Å². The van der Waals surface area contributed by atoms with E-state index in [2.05, 4.69) is 10.3 Å². The smallest absolute Gasteiger partial charge is 0.433 e. The molecule has 3 aromatic rings. The molecule has 10 heteroatoms. The van der Waals surface area contributed by atoms with Gasteiger partial charge in [-0.2, -0.15) is 24.5 Å². The molecular weight excluding hydrogens is 491 g/mol. The number of amides is 2. The number of carbonyl (C=O) groups excluding carboxylic acids is 2. The molecule has 2 aromatic heterocycles. The van der Waals surface area contributed by atoms with Gasteiger partial charge in [-0.05, 0) is 71.3 Å². The Morgan fingerprint density at radius 2 is 1.86 bits per heavy atom. The van der Waals surface area contributed by atoms with Crippen molar-refractivity contribution in [2.24, 2.45) is 0 Å². The molecule has 3 heterocycles. The molecule has 0 bridgehead atoms. The monoisotopic (exact) mass is 517 g/mol. The van der Waals surface area contributed by atoms with Gasteiger partial charge in [0.25, 0.3) is 5.91 Å². The highest BCUT2D eigenvalue weighted by molar-refractivity contribution is 7.07. The van der Waals surface area contributed by atoms with E-state index in [1.807, 2.05) is 41.1 Å². The summed E-state index contributed by atoms with van der Waals surface area (Å²) in [6.07, 6.45) is -2.18. The van der Waals surface area contributed by atoms with Gasteiger partial charge in [-0.15, -0.1) is 0 Å². The van der Waals surface area contributed by atoms with Crippen LogP contribution in [0.3, 0.4) is 0 Å². The first-order chi connectivity index (χ1) is 17.2. The van der Waals surface area contributed by atoms with Crippen molar-refractivity contribution in [3.8, 4) is 5.88 Å². The molecule has 0 atom stereocenters. The largest absolute Gasteiger partial charge is 0.481 e. The van der Waals surface area contributed by atoms with Gasteiger partial charge >= 0.3 is 6.18 Å². The van der Waals surface area contributed by atoms with Crippen LogP contribution in [0.15, 0.2) is 53.2 Å². The topological polar surface area (TPSA) is 71.5 Å². The molecule has 4 rings (SSSR count). The number of likely N-dealkylation sites (tertiary alicyclic amines) is 1. The number of thiophene rings is 1. The van der Waals surface area contributed by atoms with Gasteiger partial charge in [0, 0.05) is 36.8 Å². The van der Waals surface area contributed by atoms with E-state index in [0.29, 0.717) is 38.8 Å². The molecule has 1 aliphatic heterocycles. The number of aromatic nitrogens is 1. The van der Waals surface area contributed by atoms with Gasteiger partial charge in [0.05, 0.1) is 7.11 Å². The molecule has 0 aliphatic carbocycles. The van der Waals surface area contributed by atoms with E-state index < -0.39 is 17.8 Å². The maximum absolute atomic E-state index is 13.2. The zero-order valence-corrected chi connectivity index (χ0v) is 20.5. The molecule has 1 saturated heterocycles. The summed E-state index contributed by atoms with van der Waals surface area (Å²) in [6.45, 7) is 0.854. The van der Waals surface area contributed by atoms with Gasteiger partial charge in [-0.1, -0.05) is 12.1 Å². The van der Waals surface area contributed by atoms with E-state index in [9.17, 15) is 22.8 Å². The number of nitrogens with one attached hydrogen (secondary N) is 1. The number of alkyl halides is 3. The first-order valence-electron chi connectivity index (χ1n) is 11.6. The third-order valence-electron chi connectivity index (χ3n) is 6.22. The number of nitrogens with zero attached hydrogens (tertiary/aromatic N) is 2. The second-order valence-electron chi connectivity index (χ2n) is 8.65. The molecular formula is C26H26F3N3O3S. The van der Waals surface area contributed by atoms with Crippen molar-refractivity contribution in [1.82, 2.24) is 9.88 Å². The molecule has 1 aromatic carbocycles. The Morgan fingerprint density at radius 1 is 1.14 bits per heavy atom. The van der Waals surface area contributed by atoms with Crippen LogP contribution in [0.1, 0.15) is 52.4 Å². The second-order valence-corrected chi connectivity index (χ2v) is 9.43. The van der Waals surface area contributed by atoms with E-state index in [0.717, 1.165) is 22.9 Å². The van der Waals surface area contributed by atoms with E-state index in [1.54, 1.807) is 16.2 Å². The third kappa shape index (κ3) is 6.42. The van der Waals surface area contributed by atoms with Gasteiger partial charge in [-0.25, -0.2) is 4.98 Å². The van der Waals surface area contributed by atoms with Gasteiger partial charge < -0.3 is 15.0 Å². The number of ether oxygens (including phenoxy) is 1. The molecule has 0 unspecified atom stereocenters. The average molecular weight is 518 g/mol. The van der Waals surface area contributed by atoms with Crippen LogP contribution in [0.5, 0.6) is 5.88 Å². The van der Waals surface area contributed by atoms with Gasteiger partial charge in [0.2, 0.25) is 11.8 Å². The van der Waals surface area contributed by atoms with E-state index in [-0.39, 0.29) is 23.3 Å². The summed E-state index contributed by atoms with van der Waals surface area (Å²) in [7, 11) is 1.21. The summed E-state index contributed by atoms with van der Waals surface area (Å²) in [5.41, 5.74) is 1.74. The zero-order valence-electron chi connectivity index (χ0n) is 19.7. The van der Waals surface area contributed by atoms with Crippen LogP contribution < -0.4 is 10.1 Å². The van der Waals surface area contributed by atoms with Crippen LogP contribution in [0.4, 0.5) is 18.9 Å². The number of anilines is 1. The standard InChI is InChI=1S/C26H26F3N3O3S/c1-35-24-15-20(14-22(31-24)26(27,28)29)25(34)32-11-8-19(9-12-32)18-3-5-21(6-4-18)30-23(33)7-2-17-10-13-36-16-17/h3-6,10,13-16,19H,2,7-9,11-12H2,1H3,(H,30,33). The summed E-state index contributed by atoms with van der Waals surface area (Å²) in [5.74, 6) is -0.542. The molecule has 36 heavy (non-hydrogen) atoms. The second kappa shape index (κ2) is 11.1. The van der Waals surface area contributed by atoms with E-state index in [4.69, 9.17) is 4.74 Å². The number of hydrogen-bond acceptors (Lipinski definition) is 5. The predicted octanol–water partition coefficient (Wildman–Crippen LogP) is 5.76. The van der Waals surface area contributed by atoms with Crippen molar-refractivity contribution in [2.75, 3.05) is 25.5 Å². The Hall–Kier alpha value is -3.40. The number of piperidine rings is 1. The quantitative estimate of drug-likeness (QED) is 0.433. The molecule has 1 aliphatic rings. The normalized spacial score (nSPS) is 14.5. The lowest BCUT2D eigenvalue weighted by Crippen LogP contribution is -2.38. The molecule has 1 N–H and O–H groups in total. The predicted molar refractivity (Wildman–Crippen MR) is 131 cm³/mol. The van der Waals surface area contributed by atoms with Crippen molar-refractivity contribution in [3.05, 3.63) is 75.6 Å². The summed E-state index contributed by atoms with van der Waals surface area (Å²) < 4.78 is 44.3. The number of aryl methyl sites for hydroxylation is 1. The first kappa shape index (κ1) is 25.7. The van der Waals surface area contributed by atoms with Crippen LogP contribution in [-0.4, -0.2) is 41.9 Å². The van der Waals surface area contributed by atoms with Crippen LogP contribution in [-0.2, 0) is 17.4 Å². The summed E-state index contributed by atoms with van der Waals surface area (Å²) in [5, 5.41) is 6.94. The fourth-order valence-electron chi connectivity index (χ4n) is 4.23. The van der Waals surface area contributed by atoms with Gasteiger partial charge in [-0.3, -0.25) is 9.59 Å². The third-order valence-corrected chi connectivity index (χ3v) is 6.95. The maximum Gasteiger partial charge on any atom is 0.433 e. The van der Waals surface area contributed by atoms with Crippen molar-refractivity contribution in [2.45, 2.75) is 37.8 Å². The molecule has 1 fully saturated rings. The number of pyridine rings is 1. The Morgan fingerprint density at radius 3 is 2.47 bits per heavy atom. The summed E-state index contributed by atoms with van der Waals surface area (Å²) in [6, 6.07) is 11.7. The van der Waals surface area contributed by atoms with Crippen LogP contribution in [0, 0.1) is 0 Å². The van der Waals surface area contributed by atoms with Crippen LogP contribution in [0.2, 0.25) is 0 Å². The molecule has 0 saturated carbocycles. The number of benzene rings is 1. The van der Waals surface area contributed by atoms with Crippen molar-refractivity contribution >= 4 is 28.8 Å². The fourth-order valence-corrected chi connectivity index (χ4v) is 4.94. The molecule has 2 amide bonds. The van der Waals surface area contributed by atoms with Gasteiger partial charge in [0.15, 0.2) is 0 Å². The average Bonchev–Trinajstić information content (AvgIpc) is 3.41. The number of carbonyl (C=O) groups is 2. The lowest BCUT2D eigenvalue weighted by molar-refractivity contribution is -0.141. The summed E-state index contributed by atoms with van der Waals surface area (Å²) in [4.78, 5) is 30.1. The number of halogens is 3. The Balaban J connectivity index is 1.31. The molecule has 190 valence electrons. The molecule has 6 nitrogen and oxygen atoms in total. The minimum absolute atomic E-state index is 0.0396. The molecule has 0 spiro atoms.